The number of carbonyl (C=O) groups excluding carboxylic acids is 1. The Kier molecular flexibility index (Phi) is 6.99. The molecular formula is C23H26N4O2S2. The van der Waals surface area contributed by atoms with E-state index in [0.717, 1.165) is 47.5 Å². The lowest BCUT2D eigenvalue weighted by Crippen LogP contribution is -2.20. The number of thiocarbonyl (C=S) groups is 1. The number of ether oxygens (including phenoxy) is 1. The van der Waals surface area contributed by atoms with Crippen LogP contribution < -0.4 is 10.6 Å². The van der Waals surface area contributed by atoms with Gasteiger partial charge in [0.1, 0.15) is 5.00 Å². The Morgan fingerprint density at radius 2 is 2.10 bits per heavy atom. The van der Waals surface area contributed by atoms with Crippen LogP contribution in [0, 0.1) is 0 Å². The predicted molar refractivity (Wildman–Crippen MR) is 129 cm³/mol. The molecule has 0 radical (unpaired) electrons. The van der Waals surface area contributed by atoms with Crippen molar-refractivity contribution in [2.75, 3.05) is 17.2 Å². The molecule has 0 atom stereocenters. The Balaban J connectivity index is 1.50. The standard InChI is InChI=1S/C23H26N4O2S2/c1-2-29-22(28)20-18-10-4-3-5-11-19(18)31-21(20)26-23(30)25-17-9-6-8-16(14-17)15-27-13-7-12-24-27/h6-9,12-14H,2-5,10-11,15H2,1H3,(H2,25,26,30). The highest BCUT2D eigenvalue weighted by Crippen LogP contribution is 2.38. The van der Waals surface area contributed by atoms with Crippen molar-refractivity contribution in [3.8, 4) is 0 Å². The molecule has 0 amide bonds. The van der Waals surface area contributed by atoms with Crippen LogP contribution in [0.1, 0.15) is 52.5 Å². The second-order valence-corrected chi connectivity index (χ2v) is 8.99. The molecule has 0 fully saturated rings. The molecule has 2 heterocycles. The number of carbonyl (C=O) groups is 1. The monoisotopic (exact) mass is 454 g/mol. The number of hydrogen-bond acceptors (Lipinski definition) is 5. The molecule has 0 saturated carbocycles. The molecule has 162 valence electrons. The van der Waals surface area contributed by atoms with Crippen LogP contribution >= 0.6 is 23.6 Å². The van der Waals surface area contributed by atoms with Crippen LogP contribution in [0.2, 0.25) is 0 Å². The molecule has 1 aliphatic rings. The number of hydrogen-bond donors (Lipinski definition) is 2. The van der Waals surface area contributed by atoms with Crippen LogP contribution in [-0.2, 0) is 24.1 Å². The number of anilines is 2. The average molecular weight is 455 g/mol. The third-order valence-corrected chi connectivity index (χ3v) is 6.63. The SMILES string of the molecule is CCOC(=O)c1c(NC(=S)Nc2cccc(Cn3cccn3)c2)sc2c1CCCCC2. The number of benzene rings is 1. The lowest BCUT2D eigenvalue weighted by atomic mass is 10.1. The van der Waals surface area contributed by atoms with Gasteiger partial charge < -0.3 is 15.4 Å². The summed E-state index contributed by atoms with van der Waals surface area (Å²) in [4.78, 5) is 14.0. The van der Waals surface area contributed by atoms with Crippen LogP contribution in [0.25, 0.3) is 0 Å². The number of aromatic nitrogens is 2. The van der Waals surface area contributed by atoms with Gasteiger partial charge in [-0.05, 0) is 74.2 Å². The molecule has 2 aromatic heterocycles. The molecule has 0 saturated heterocycles. The third-order valence-electron chi connectivity index (χ3n) is 5.22. The molecule has 1 aromatic carbocycles. The highest BCUT2D eigenvalue weighted by molar-refractivity contribution is 7.80. The Hall–Kier alpha value is -2.71. The van der Waals surface area contributed by atoms with Crippen LogP contribution in [0.4, 0.5) is 10.7 Å². The zero-order valence-electron chi connectivity index (χ0n) is 17.5. The molecule has 6 nitrogen and oxygen atoms in total. The van der Waals surface area contributed by atoms with Crippen molar-refractivity contribution >= 4 is 45.3 Å². The molecule has 2 N–H and O–H groups in total. The third kappa shape index (κ3) is 5.32. The van der Waals surface area contributed by atoms with Crippen molar-refractivity contribution < 1.29 is 9.53 Å². The van der Waals surface area contributed by atoms with Gasteiger partial charge in [0.05, 0.1) is 18.7 Å². The molecule has 0 bridgehead atoms. The van der Waals surface area contributed by atoms with Crippen molar-refractivity contribution in [2.24, 2.45) is 0 Å². The molecule has 0 unspecified atom stereocenters. The fourth-order valence-electron chi connectivity index (χ4n) is 3.84. The molecule has 31 heavy (non-hydrogen) atoms. The minimum absolute atomic E-state index is 0.270. The van der Waals surface area contributed by atoms with Gasteiger partial charge in [-0.15, -0.1) is 11.3 Å². The number of esters is 1. The quantitative estimate of drug-likeness (QED) is 0.301. The first-order valence-corrected chi connectivity index (χ1v) is 11.8. The first-order valence-electron chi connectivity index (χ1n) is 10.6. The zero-order chi connectivity index (χ0) is 21.6. The smallest absolute Gasteiger partial charge is 0.341 e. The van der Waals surface area contributed by atoms with E-state index in [-0.39, 0.29) is 5.97 Å². The number of aryl methyl sites for hydroxylation is 1. The summed E-state index contributed by atoms with van der Waals surface area (Å²) in [5.41, 5.74) is 3.79. The minimum atomic E-state index is -0.270. The van der Waals surface area contributed by atoms with E-state index in [0.29, 0.717) is 23.8 Å². The molecule has 1 aliphatic carbocycles. The van der Waals surface area contributed by atoms with Gasteiger partial charge in [0.2, 0.25) is 0 Å². The van der Waals surface area contributed by atoms with Gasteiger partial charge in [0, 0.05) is 23.0 Å². The van der Waals surface area contributed by atoms with Gasteiger partial charge in [-0.3, -0.25) is 4.68 Å². The topological polar surface area (TPSA) is 68.2 Å². The van der Waals surface area contributed by atoms with Crippen LogP contribution in [0.15, 0.2) is 42.7 Å². The van der Waals surface area contributed by atoms with Crippen molar-refractivity contribution in [1.82, 2.24) is 9.78 Å². The largest absolute Gasteiger partial charge is 0.462 e. The van der Waals surface area contributed by atoms with Crippen molar-refractivity contribution in [2.45, 2.75) is 45.6 Å². The Labute approximate surface area is 191 Å². The fraction of sp³-hybridized carbons (Fsp3) is 0.348. The van der Waals surface area contributed by atoms with Crippen LogP contribution in [0.5, 0.6) is 0 Å². The summed E-state index contributed by atoms with van der Waals surface area (Å²) >= 11 is 7.19. The summed E-state index contributed by atoms with van der Waals surface area (Å²) in [6.07, 6.45) is 9.07. The van der Waals surface area contributed by atoms with Gasteiger partial charge >= 0.3 is 5.97 Å². The normalized spacial score (nSPS) is 13.2. The number of fused-ring (bicyclic) bond motifs is 1. The van der Waals surface area contributed by atoms with E-state index in [9.17, 15) is 4.79 Å². The Morgan fingerprint density at radius 3 is 2.90 bits per heavy atom. The number of nitrogens with one attached hydrogen (secondary N) is 2. The summed E-state index contributed by atoms with van der Waals surface area (Å²) in [5.74, 6) is -0.270. The second kappa shape index (κ2) is 10.1. The second-order valence-electron chi connectivity index (χ2n) is 7.47. The first kappa shape index (κ1) is 21.5. The van der Waals surface area contributed by atoms with Gasteiger partial charge in [-0.1, -0.05) is 18.6 Å². The predicted octanol–water partition coefficient (Wildman–Crippen LogP) is 5.25. The molecule has 3 aromatic rings. The van der Waals surface area contributed by atoms with Gasteiger partial charge in [0.25, 0.3) is 0 Å². The van der Waals surface area contributed by atoms with Gasteiger partial charge in [0.15, 0.2) is 5.11 Å². The van der Waals surface area contributed by atoms with E-state index in [4.69, 9.17) is 17.0 Å². The average Bonchev–Trinajstić information content (AvgIpc) is 3.30. The summed E-state index contributed by atoms with van der Waals surface area (Å²) in [7, 11) is 0. The Morgan fingerprint density at radius 1 is 1.23 bits per heavy atom. The number of nitrogens with zero attached hydrogens (tertiary/aromatic N) is 2. The van der Waals surface area contributed by atoms with E-state index in [1.807, 2.05) is 42.1 Å². The van der Waals surface area contributed by atoms with E-state index >= 15 is 0 Å². The van der Waals surface area contributed by atoms with Crippen LogP contribution in [-0.4, -0.2) is 27.5 Å². The molecule has 0 aliphatic heterocycles. The summed E-state index contributed by atoms with van der Waals surface area (Å²) in [6.45, 7) is 2.88. The maximum atomic E-state index is 12.7. The molecule has 4 rings (SSSR count). The van der Waals surface area contributed by atoms with E-state index in [2.05, 4.69) is 21.8 Å². The van der Waals surface area contributed by atoms with E-state index in [1.54, 1.807) is 17.5 Å². The van der Waals surface area contributed by atoms with Crippen molar-refractivity contribution in [1.29, 1.82) is 0 Å². The fourth-order valence-corrected chi connectivity index (χ4v) is 5.41. The van der Waals surface area contributed by atoms with E-state index in [1.165, 1.54) is 11.3 Å². The highest BCUT2D eigenvalue weighted by atomic mass is 32.1. The maximum Gasteiger partial charge on any atom is 0.341 e. The first-order chi connectivity index (χ1) is 15.1. The Bertz CT molecular complexity index is 1060. The van der Waals surface area contributed by atoms with Crippen LogP contribution in [0.3, 0.4) is 0 Å². The van der Waals surface area contributed by atoms with Crippen molar-refractivity contribution in [3.63, 3.8) is 0 Å². The lowest BCUT2D eigenvalue weighted by Gasteiger charge is -2.12. The minimum Gasteiger partial charge on any atom is -0.462 e. The van der Waals surface area contributed by atoms with E-state index < -0.39 is 0 Å². The number of thiophene rings is 1. The van der Waals surface area contributed by atoms with Crippen molar-refractivity contribution in [3.05, 3.63) is 64.3 Å². The summed E-state index contributed by atoms with van der Waals surface area (Å²) < 4.78 is 7.23. The maximum absolute atomic E-state index is 12.7. The molecule has 0 spiro atoms. The zero-order valence-corrected chi connectivity index (χ0v) is 19.2. The summed E-state index contributed by atoms with van der Waals surface area (Å²) in [6, 6.07) is 9.96. The van der Waals surface area contributed by atoms with Gasteiger partial charge in [-0.25, -0.2) is 4.79 Å². The lowest BCUT2D eigenvalue weighted by molar-refractivity contribution is 0.0527. The van der Waals surface area contributed by atoms with Gasteiger partial charge in [-0.2, -0.15) is 5.10 Å². The molecule has 8 heteroatoms. The summed E-state index contributed by atoms with van der Waals surface area (Å²) in [5, 5.41) is 12.0. The number of rotatable bonds is 6. The highest BCUT2D eigenvalue weighted by Gasteiger charge is 2.26. The molecular weight excluding hydrogens is 428 g/mol.